The summed E-state index contributed by atoms with van der Waals surface area (Å²) < 4.78 is 16.2. The highest BCUT2D eigenvalue weighted by molar-refractivity contribution is 4.77. The number of hydrogen-bond donors (Lipinski definition) is 1. The maximum absolute atomic E-state index is 5.83. The average molecular weight is 245 g/mol. The van der Waals surface area contributed by atoms with Crippen LogP contribution in [0.5, 0.6) is 0 Å². The summed E-state index contributed by atoms with van der Waals surface area (Å²) >= 11 is 0. The van der Waals surface area contributed by atoms with Crippen LogP contribution in [0.3, 0.4) is 0 Å². The third kappa shape index (κ3) is 6.99. The molecule has 0 bridgehead atoms. The first-order chi connectivity index (χ1) is 8.36. The summed E-state index contributed by atoms with van der Waals surface area (Å²) in [7, 11) is 3.75. The second kappa shape index (κ2) is 9.83. The van der Waals surface area contributed by atoms with Crippen molar-refractivity contribution in [3.05, 3.63) is 0 Å². The molecule has 2 unspecified atom stereocenters. The van der Waals surface area contributed by atoms with Crippen molar-refractivity contribution in [2.45, 2.75) is 44.2 Å². The van der Waals surface area contributed by atoms with E-state index < -0.39 is 0 Å². The minimum Gasteiger partial charge on any atom is -0.385 e. The molecule has 1 fully saturated rings. The van der Waals surface area contributed by atoms with Gasteiger partial charge in [0.2, 0.25) is 0 Å². The lowest BCUT2D eigenvalue weighted by atomic mass is 9.93. The highest BCUT2D eigenvalue weighted by Crippen LogP contribution is 2.20. The van der Waals surface area contributed by atoms with Crippen molar-refractivity contribution in [3.8, 4) is 0 Å². The molecule has 1 aliphatic carbocycles. The minimum atomic E-state index is 0.420. The highest BCUT2D eigenvalue weighted by Gasteiger charge is 2.20. The van der Waals surface area contributed by atoms with Gasteiger partial charge in [0.25, 0.3) is 0 Å². The SMILES string of the molecule is CNC1CCCC(OCCOCCCOC)C1. The van der Waals surface area contributed by atoms with Gasteiger partial charge in [-0.15, -0.1) is 0 Å². The first-order valence-corrected chi connectivity index (χ1v) is 6.72. The molecule has 0 aromatic rings. The number of rotatable bonds is 9. The second-order valence-electron chi connectivity index (χ2n) is 4.60. The Kier molecular flexibility index (Phi) is 8.61. The molecule has 2 atom stereocenters. The molecule has 0 amide bonds. The van der Waals surface area contributed by atoms with E-state index in [1.807, 2.05) is 7.05 Å². The zero-order chi connectivity index (χ0) is 12.3. The fraction of sp³-hybridized carbons (Fsp3) is 1.00. The minimum absolute atomic E-state index is 0.420. The van der Waals surface area contributed by atoms with Crippen LogP contribution in [-0.4, -0.2) is 52.7 Å². The summed E-state index contributed by atoms with van der Waals surface area (Å²) in [4.78, 5) is 0. The van der Waals surface area contributed by atoms with E-state index in [2.05, 4.69) is 5.32 Å². The fourth-order valence-electron chi connectivity index (χ4n) is 2.24. The van der Waals surface area contributed by atoms with Crippen molar-refractivity contribution in [3.63, 3.8) is 0 Å². The molecule has 102 valence electrons. The van der Waals surface area contributed by atoms with E-state index >= 15 is 0 Å². The average Bonchev–Trinajstić information content (AvgIpc) is 2.38. The first kappa shape index (κ1) is 14.9. The van der Waals surface area contributed by atoms with Crippen LogP contribution in [0.15, 0.2) is 0 Å². The third-order valence-corrected chi connectivity index (χ3v) is 3.25. The predicted octanol–water partition coefficient (Wildman–Crippen LogP) is 1.59. The highest BCUT2D eigenvalue weighted by atomic mass is 16.5. The van der Waals surface area contributed by atoms with Crippen LogP contribution in [-0.2, 0) is 14.2 Å². The molecule has 4 nitrogen and oxygen atoms in total. The smallest absolute Gasteiger partial charge is 0.0704 e. The Hall–Kier alpha value is -0.160. The summed E-state index contributed by atoms with van der Waals surface area (Å²) in [5.74, 6) is 0. The summed E-state index contributed by atoms with van der Waals surface area (Å²) in [6.07, 6.45) is 6.27. The van der Waals surface area contributed by atoms with Crippen molar-refractivity contribution < 1.29 is 14.2 Å². The Balaban J connectivity index is 1.91. The summed E-state index contributed by atoms with van der Waals surface area (Å²) in [6, 6.07) is 0.636. The van der Waals surface area contributed by atoms with Crippen LogP contribution >= 0.6 is 0 Å². The quantitative estimate of drug-likeness (QED) is 0.626. The molecule has 0 aliphatic heterocycles. The van der Waals surface area contributed by atoms with Crippen molar-refractivity contribution >= 4 is 0 Å². The Morgan fingerprint density at radius 2 is 2.00 bits per heavy atom. The van der Waals surface area contributed by atoms with Gasteiger partial charge in [0.05, 0.1) is 19.3 Å². The lowest BCUT2D eigenvalue weighted by Crippen LogP contribution is -2.35. The van der Waals surface area contributed by atoms with Crippen LogP contribution in [0.2, 0.25) is 0 Å². The van der Waals surface area contributed by atoms with E-state index in [0.29, 0.717) is 25.4 Å². The Morgan fingerprint density at radius 3 is 2.76 bits per heavy atom. The molecule has 1 N–H and O–H groups in total. The van der Waals surface area contributed by atoms with Gasteiger partial charge in [-0.25, -0.2) is 0 Å². The van der Waals surface area contributed by atoms with Gasteiger partial charge in [-0.1, -0.05) is 0 Å². The van der Waals surface area contributed by atoms with Crippen molar-refractivity contribution in [1.82, 2.24) is 5.32 Å². The molecule has 0 spiro atoms. The zero-order valence-electron chi connectivity index (χ0n) is 11.2. The van der Waals surface area contributed by atoms with E-state index in [1.165, 1.54) is 19.3 Å². The lowest BCUT2D eigenvalue weighted by Gasteiger charge is -2.28. The molecule has 0 heterocycles. The Bertz CT molecular complexity index is 178. The van der Waals surface area contributed by atoms with E-state index in [0.717, 1.165) is 26.1 Å². The van der Waals surface area contributed by atoms with E-state index in [9.17, 15) is 0 Å². The van der Waals surface area contributed by atoms with E-state index in [-0.39, 0.29) is 0 Å². The molecule has 0 radical (unpaired) electrons. The monoisotopic (exact) mass is 245 g/mol. The van der Waals surface area contributed by atoms with Crippen LogP contribution in [0.1, 0.15) is 32.1 Å². The molecular formula is C13H27NO3. The first-order valence-electron chi connectivity index (χ1n) is 6.72. The van der Waals surface area contributed by atoms with Crippen molar-refractivity contribution in [1.29, 1.82) is 0 Å². The molecular weight excluding hydrogens is 218 g/mol. The van der Waals surface area contributed by atoms with Gasteiger partial charge in [0, 0.05) is 26.4 Å². The third-order valence-electron chi connectivity index (χ3n) is 3.25. The molecule has 17 heavy (non-hydrogen) atoms. The molecule has 4 heteroatoms. The maximum atomic E-state index is 5.83. The van der Waals surface area contributed by atoms with Gasteiger partial charge in [0.1, 0.15) is 0 Å². The van der Waals surface area contributed by atoms with Crippen LogP contribution in [0.4, 0.5) is 0 Å². The Labute approximate surface area is 105 Å². The van der Waals surface area contributed by atoms with Gasteiger partial charge in [-0.2, -0.15) is 0 Å². The largest absolute Gasteiger partial charge is 0.385 e. The van der Waals surface area contributed by atoms with Gasteiger partial charge in [-0.3, -0.25) is 0 Å². The summed E-state index contributed by atoms with van der Waals surface area (Å²) in [6.45, 7) is 2.95. The standard InChI is InChI=1S/C13H27NO3/c1-14-12-5-3-6-13(11-12)17-10-9-16-8-4-7-15-2/h12-14H,3-11H2,1-2H3. The van der Waals surface area contributed by atoms with Crippen LogP contribution in [0.25, 0.3) is 0 Å². The lowest BCUT2D eigenvalue weighted by molar-refractivity contribution is -0.0171. The van der Waals surface area contributed by atoms with Crippen LogP contribution < -0.4 is 5.32 Å². The number of nitrogens with one attached hydrogen (secondary N) is 1. The predicted molar refractivity (Wildman–Crippen MR) is 68.4 cm³/mol. The van der Waals surface area contributed by atoms with Gasteiger partial charge >= 0.3 is 0 Å². The molecule has 0 aromatic heterocycles. The molecule has 0 aromatic carbocycles. The summed E-state index contributed by atoms with van der Waals surface area (Å²) in [5.41, 5.74) is 0. The van der Waals surface area contributed by atoms with E-state index in [1.54, 1.807) is 7.11 Å². The summed E-state index contributed by atoms with van der Waals surface area (Å²) in [5, 5.41) is 3.33. The molecule has 1 aliphatic rings. The van der Waals surface area contributed by atoms with Gasteiger partial charge < -0.3 is 19.5 Å². The fourth-order valence-corrected chi connectivity index (χ4v) is 2.24. The Morgan fingerprint density at radius 1 is 1.12 bits per heavy atom. The number of hydrogen-bond acceptors (Lipinski definition) is 4. The number of ether oxygens (including phenoxy) is 3. The topological polar surface area (TPSA) is 39.7 Å². The van der Waals surface area contributed by atoms with E-state index in [4.69, 9.17) is 14.2 Å². The molecule has 0 saturated heterocycles. The van der Waals surface area contributed by atoms with Crippen molar-refractivity contribution in [2.24, 2.45) is 0 Å². The molecule has 1 saturated carbocycles. The van der Waals surface area contributed by atoms with Gasteiger partial charge in [0.15, 0.2) is 0 Å². The van der Waals surface area contributed by atoms with Crippen molar-refractivity contribution in [2.75, 3.05) is 40.6 Å². The van der Waals surface area contributed by atoms with Gasteiger partial charge in [-0.05, 0) is 39.2 Å². The maximum Gasteiger partial charge on any atom is 0.0704 e. The second-order valence-corrected chi connectivity index (χ2v) is 4.60. The number of methoxy groups -OCH3 is 1. The molecule has 1 rings (SSSR count). The normalized spacial score (nSPS) is 25.1. The zero-order valence-corrected chi connectivity index (χ0v) is 11.2. The van der Waals surface area contributed by atoms with Crippen LogP contribution in [0, 0.1) is 0 Å².